The van der Waals surface area contributed by atoms with Gasteiger partial charge in [0.15, 0.2) is 0 Å². The molecule has 8 rings (SSSR count). The maximum absolute atomic E-state index is 11.9. The van der Waals surface area contributed by atoms with Crippen LogP contribution in [0.15, 0.2) is 79.1 Å². The van der Waals surface area contributed by atoms with Crippen LogP contribution in [0.2, 0.25) is 0 Å². The van der Waals surface area contributed by atoms with Crippen LogP contribution in [0.3, 0.4) is 0 Å². The molecule has 0 radical (unpaired) electrons. The number of nitro benzene ring substituents is 1. The summed E-state index contributed by atoms with van der Waals surface area (Å²) in [5.41, 5.74) is 2.08. The molecule has 0 fully saturated rings. The summed E-state index contributed by atoms with van der Waals surface area (Å²) in [6, 6.07) is 18.2. The zero-order chi connectivity index (χ0) is 28.4. The molecule has 0 saturated heterocycles. The van der Waals surface area contributed by atoms with Gasteiger partial charge in [0.25, 0.3) is 5.69 Å². The maximum atomic E-state index is 11.9. The van der Waals surface area contributed by atoms with Crippen LogP contribution in [0, 0.1) is 10.1 Å². The predicted octanol–water partition coefficient (Wildman–Crippen LogP) is 5.31. The first-order valence-corrected chi connectivity index (χ1v) is 12.1. The van der Waals surface area contributed by atoms with Crippen molar-refractivity contribution >= 4 is 72.9 Å². The van der Waals surface area contributed by atoms with E-state index < -0.39 is 28.8 Å². The van der Waals surface area contributed by atoms with Crippen LogP contribution in [0.25, 0.3) is 43.4 Å². The van der Waals surface area contributed by atoms with Crippen LogP contribution >= 0.6 is 0 Å². The highest BCUT2D eigenvalue weighted by molar-refractivity contribution is 6.26. The second-order valence-corrected chi connectivity index (χ2v) is 9.25. The highest BCUT2D eigenvalue weighted by Crippen LogP contribution is 2.37. The first-order valence-electron chi connectivity index (χ1n) is 12.1. The summed E-state index contributed by atoms with van der Waals surface area (Å²) in [4.78, 5) is 66.5. The normalized spacial score (nSPS) is 13.7. The molecule has 0 amide bonds. The van der Waals surface area contributed by atoms with Crippen LogP contribution in [-0.4, -0.2) is 38.8 Å². The third-order valence-electron chi connectivity index (χ3n) is 6.98. The van der Waals surface area contributed by atoms with Crippen molar-refractivity contribution in [2.24, 2.45) is 0 Å². The molecule has 2 aliphatic rings. The van der Waals surface area contributed by atoms with Crippen LogP contribution in [-0.2, 0) is 9.47 Å². The van der Waals surface area contributed by atoms with Crippen LogP contribution in [0.1, 0.15) is 41.4 Å². The van der Waals surface area contributed by atoms with Gasteiger partial charge in [-0.3, -0.25) is 20.1 Å². The Hall–Kier alpha value is -6.10. The first kappa shape index (κ1) is 24.0. The highest BCUT2D eigenvalue weighted by Gasteiger charge is 2.31. The minimum atomic E-state index is -0.888. The minimum absolute atomic E-state index is 0.00588. The number of non-ortho nitro benzene ring substituents is 1. The maximum Gasteiger partial charge on any atom is 0.346 e. The predicted molar refractivity (Wildman–Crippen MR) is 145 cm³/mol. The summed E-state index contributed by atoms with van der Waals surface area (Å²) < 4.78 is 9.42. The fraction of sp³-hybridized carbons (Fsp3) is 0. The largest absolute Gasteiger partial charge is 0.386 e. The number of nitrogens with zero attached hydrogens (tertiary/aromatic N) is 3. The van der Waals surface area contributed by atoms with Gasteiger partial charge < -0.3 is 9.47 Å². The van der Waals surface area contributed by atoms with E-state index in [9.17, 15) is 29.3 Å². The van der Waals surface area contributed by atoms with Crippen molar-refractivity contribution in [2.45, 2.75) is 0 Å². The van der Waals surface area contributed by atoms with E-state index in [2.05, 4.69) is 14.7 Å². The summed E-state index contributed by atoms with van der Waals surface area (Å²) in [5.74, 6) is -2.85. The minimum Gasteiger partial charge on any atom is -0.386 e. The number of rotatable bonds is 1. The van der Waals surface area contributed by atoms with Gasteiger partial charge >= 0.3 is 23.9 Å². The van der Waals surface area contributed by atoms with Crippen molar-refractivity contribution in [3.63, 3.8) is 0 Å². The van der Waals surface area contributed by atoms with E-state index in [-0.39, 0.29) is 16.8 Å². The number of ether oxygens (including phenoxy) is 2. The standard InChI is InChI=1S/C15H6N2O5.C15H7NO3/c18-14-10-4-7-2-1-3-16-13(7)9-5-8(17(20)21)6-11(12(9)10)15(19)22-14;17-14-10-5-1-4-9-12(10)11(15(18)19-14)7-8-3-2-6-16-13(8)9/h1-6H;1-7H. The van der Waals surface area contributed by atoms with E-state index in [1.807, 2.05) is 18.2 Å². The number of fused-ring (bicyclic) bond motifs is 4. The van der Waals surface area contributed by atoms with E-state index in [0.717, 1.165) is 22.4 Å². The fourth-order valence-corrected chi connectivity index (χ4v) is 5.26. The number of pyridine rings is 2. The molecule has 0 atom stereocenters. The van der Waals surface area contributed by atoms with Crippen molar-refractivity contribution in [1.29, 1.82) is 0 Å². The number of cyclic esters (lactones) is 4. The summed E-state index contributed by atoms with van der Waals surface area (Å²) >= 11 is 0. The number of carbonyl (C=O) groups is 4. The molecule has 0 bridgehead atoms. The number of carbonyl (C=O) groups excluding carboxylic acids is 4. The third kappa shape index (κ3) is 3.60. The topological polar surface area (TPSA) is 156 Å². The smallest absolute Gasteiger partial charge is 0.346 e. The molecule has 0 aliphatic carbocycles. The monoisotopic (exact) mass is 543 g/mol. The van der Waals surface area contributed by atoms with Gasteiger partial charge in [-0.05, 0) is 30.3 Å². The van der Waals surface area contributed by atoms with E-state index in [4.69, 9.17) is 4.74 Å². The number of aromatic nitrogens is 2. The highest BCUT2D eigenvalue weighted by atomic mass is 16.6. The lowest BCUT2D eigenvalue weighted by Crippen LogP contribution is -2.20. The van der Waals surface area contributed by atoms with E-state index in [1.54, 1.807) is 48.8 Å². The lowest BCUT2D eigenvalue weighted by atomic mass is 9.94. The Morgan fingerprint density at radius 3 is 1.68 bits per heavy atom. The van der Waals surface area contributed by atoms with Gasteiger partial charge in [0.2, 0.25) is 0 Å². The molecular weight excluding hydrogens is 530 g/mol. The van der Waals surface area contributed by atoms with E-state index in [0.29, 0.717) is 38.2 Å². The molecule has 4 aromatic carbocycles. The molecule has 0 N–H and O–H groups in total. The summed E-state index contributed by atoms with van der Waals surface area (Å²) in [7, 11) is 0. The second-order valence-electron chi connectivity index (χ2n) is 9.25. The van der Waals surface area contributed by atoms with Gasteiger partial charge in [-0.15, -0.1) is 0 Å². The molecule has 196 valence electrons. The van der Waals surface area contributed by atoms with Crippen LogP contribution in [0.4, 0.5) is 5.69 Å². The Kier molecular flexibility index (Phi) is 5.09. The lowest BCUT2D eigenvalue weighted by Gasteiger charge is -2.16. The Balaban J connectivity index is 0.000000136. The number of hydrogen-bond donors (Lipinski definition) is 0. The number of esters is 4. The molecule has 0 unspecified atom stereocenters. The van der Waals surface area contributed by atoms with Gasteiger partial charge in [0, 0.05) is 56.8 Å². The van der Waals surface area contributed by atoms with Crippen LogP contribution < -0.4 is 0 Å². The van der Waals surface area contributed by atoms with Gasteiger partial charge in [-0.25, -0.2) is 19.2 Å². The molecule has 0 saturated carbocycles. The molecule has 41 heavy (non-hydrogen) atoms. The zero-order valence-corrected chi connectivity index (χ0v) is 20.6. The summed E-state index contributed by atoms with van der Waals surface area (Å²) in [5, 5.41) is 14.8. The van der Waals surface area contributed by atoms with Crippen molar-refractivity contribution in [1.82, 2.24) is 9.97 Å². The number of hydrogen-bond acceptors (Lipinski definition) is 10. The lowest BCUT2D eigenvalue weighted by molar-refractivity contribution is -0.384. The number of nitro groups is 1. The Labute approximate surface area is 228 Å². The molecular formula is C30H13N3O8. The van der Waals surface area contributed by atoms with Crippen molar-refractivity contribution in [2.75, 3.05) is 0 Å². The molecule has 2 aromatic heterocycles. The van der Waals surface area contributed by atoms with Gasteiger partial charge in [-0.2, -0.15) is 0 Å². The van der Waals surface area contributed by atoms with E-state index in [1.165, 1.54) is 6.07 Å². The average Bonchev–Trinajstić information content (AvgIpc) is 2.98. The molecule has 0 spiro atoms. The first-order chi connectivity index (χ1) is 19.8. The Morgan fingerprint density at radius 2 is 1.10 bits per heavy atom. The molecule has 11 nitrogen and oxygen atoms in total. The SMILES string of the molecule is O=C1OC(=O)c2cc3cccnc3c3cc([N+](=O)[O-])cc1c23.O=C1OC(=O)c2cc3cccnc3c3cccc1c23. The van der Waals surface area contributed by atoms with Gasteiger partial charge in [0.05, 0.1) is 38.2 Å². The van der Waals surface area contributed by atoms with E-state index >= 15 is 0 Å². The Morgan fingerprint density at radius 1 is 0.585 bits per heavy atom. The molecule has 2 aliphatic heterocycles. The number of benzene rings is 4. The quantitative estimate of drug-likeness (QED) is 0.0876. The van der Waals surface area contributed by atoms with Crippen LogP contribution in [0.5, 0.6) is 0 Å². The third-order valence-corrected chi connectivity index (χ3v) is 6.98. The fourth-order valence-electron chi connectivity index (χ4n) is 5.26. The molecule has 11 heteroatoms. The molecule has 6 aromatic rings. The zero-order valence-electron chi connectivity index (χ0n) is 20.6. The van der Waals surface area contributed by atoms with Crippen molar-refractivity contribution in [3.05, 3.63) is 111 Å². The summed E-state index contributed by atoms with van der Waals surface area (Å²) in [6.45, 7) is 0. The van der Waals surface area contributed by atoms with Crippen molar-refractivity contribution in [3.8, 4) is 0 Å². The second kappa shape index (κ2) is 8.71. The Bertz CT molecular complexity index is 2220. The molecule has 4 heterocycles. The van der Waals surface area contributed by atoms with Gasteiger partial charge in [0.1, 0.15) is 0 Å². The average molecular weight is 543 g/mol. The summed E-state index contributed by atoms with van der Waals surface area (Å²) in [6.07, 6.45) is 3.24. The van der Waals surface area contributed by atoms with Gasteiger partial charge in [-0.1, -0.05) is 24.3 Å². The van der Waals surface area contributed by atoms with Crippen molar-refractivity contribution < 1.29 is 33.6 Å².